The summed E-state index contributed by atoms with van der Waals surface area (Å²) in [5.74, 6) is -0.483. The molecular formula is C14H16F3N3O3. The van der Waals surface area contributed by atoms with Crippen molar-refractivity contribution in [2.45, 2.75) is 13.1 Å². The van der Waals surface area contributed by atoms with Gasteiger partial charge in [0.05, 0.1) is 24.5 Å². The summed E-state index contributed by atoms with van der Waals surface area (Å²) in [5, 5.41) is 4.55. The summed E-state index contributed by atoms with van der Waals surface area (Å²) in [5.41, 5.74) is -1.37. The van der Waals surface area contributed by atoms with Gasteiger partial charge < -0.3 is 20.3 Å². The van der Waals surface area contributed by atoms with Crippen LogP contribution in [-0.4, -0.2) is 43.1 Å². The van der Waals surface area contributed by atoms with Crippen molar-refractivity contribution < 1.29 is 27.5 Å². The van der Waals surface area contributed by atoms with Gasteiger partial charge in [-0.1, -0.05) is 0 Å². The number of alkyl halides is 3. The van der Waals surface area contributed by atoms with Gasteiger partial charge in [0.15, 0.2) is 0 Å². The zero-order chi connectivity index (χ0) is 17.0. The maximum absolute atomic E-state index is 13.2. The predicted octanol–water partition coefficient (Wildman–Crippen LogP) is 2.53. The maximum Gasteiger partial charge on any atom is 0.418 e. The van der Waals surface area contributed by atoms with Crippen LogP contribution in [0.5, 0.6) is 0 Å². The topological polar surface area (TPSA) is 70.7 Å². The Bertz CT molecular complexity index is 599. The highest BCUT2D eigenvalue weighted by atomic mass is 19.4. The summed E-state index contributed by atoms with van der Waals surface area (Å²) in [6.45, 7) is 2.53. The van der Waals surface area contributed by atoms with E-state index >= 15 is 0 Å². The highest BCUT2D eigenvalue weighted by Crippen LogP contribution is 2.36. The summed E-state index contributed by atoms with van der Waals surface area (Å²) in [4.78, 5) is 24.4. The zero-order valence-corrected chi connectivity index (χ0v) is 12.4. The number of anilines is 2. The van der Waals surface area contributed by atoms with Crippen molar-refractivity contribution in [3.8, 4) is 0 Å². The van der Waals surface area contributed by atoms with Crippen molar-refractivity contribution in [1.82, 2.24) is 4.90 Å². The second-order valence-corrected chi connectivity index (χ2v) is 4.97. The van der Waals surface area contributed by atoms with Gasteiger partial charge in [-0.15, -0.1) is 0 Å². The molecule has 2 rings (SSSR count). The minimum Gasteiger partial charge on any atom is -0.378 e. The Labute approximate surface area is 130 Å². The van der Waals surface area contributed by atoms with E-state index in [2.05, 4.69) is 10.6 Å². The quantitative estimate of drug-likeness (QED) is 0.875. The minimum atomic E-state index is -4.66. The van der Waals surface area contributed by atoms with Gasteiger partial charge in [0, 0.05) is 25.7 Å². The van der Waals surface area contributed by atoms with Crippen molar-refractivity contribution in [1.29, 1.82) is 0 Å². The fourth-order valence-corrected chi connectivity index (χ4v) is 2.13. The van der Waals surface area contributed by atoms with Gasteiger partial charge in [-0.25, -0.2) is 4.79 Å². The van der Waals surface area contributed by atoms with Crippen molar-refractivity contribution in [2.75, 3.05) is 36.9 Å². The Kier molecular flexibility index (Phi) is 5.09. The van der Waals surface area contributed by atoms with E-state index in [4.69, 9.17) is 4.74 Å². The summed E-state index contributed by atoms with van der Waals surface area (Å²) in [6, 6.07) is 2.58. The molecule has 0 unspecified atom stereocenters. The highest BCUT2D eigenvalue weighted by Gasteiger charge is 2.34. The molecule has 0 spiro atoms. The molecule has 6 nitrogen and oxygen atoms in total. The van der Waals surface area contributed by atoms with Crippen LogP contribution in [-0.2, 0) is 15.7 Å². The molecule has 0 saturated carbocycles. The molecule has 1 aromatic rings. The van der Waals surface area contributed by atoms with E-state index in [1.807, 2.05) is 0 Å². The highest BCUT2D eigenvalue weighted by molar-refractivity contribution is 5.92. The number of morpholine rings is 1. The summed E-state index contributed by atoms with van der Waals surface area (Å²) in [7, 11) is 0. The molecule has 126 valence electrons. The number of nitrogens with one attached hydrogen (secondary N) is 2. The summed E-state index contributed by atoms with van der Waals surface area (Å²) < 4.78 is 44.6. The van der Waals surface area contributed by atoms with Crippen molar-refractivity contribution in [3.05, 3.63) is 23.8 Å². The third-order valence-corrected chi connectivity index (χ3v) is 3.19. The first-order valence-electron chi connectivity index (χ1n) is 6.90. The molecule has 2 N–H and O–H groups in total. The molecule has 0 aliphatic carbocycles. The number of halogens is 3. The first kappa shape index (κ1) is 17.1. The Hall–Kier alpha value is -2.29. The molecule has 3 amide bonds. The van der Waals surface area contributed by atoms with E-state index in [-0.39, 0.29) is 11.4 Å². The van der Waals surface area contributed by atoms with Crippen LogP contribution < -0.4 is 10.6 Å². The van der Waals surface area contributed by atoms with Gasteiger partial charge >= 0.3 is 12.2 Å². The van der Waals surface area contributed by atoms with E-state index in [9.17, 15) is 22.8 Å². The van der Waals surface area contributed by atoms with Crippen LogP contribution in [0.3, 0.4) is 0 Å². The average molecular weight is 331 g/mol. The van der Waals surface area contributed by atoms with E-state index in [1.165, 1.54) is 17.9 Å². The zero-order valence-electron chi connectivity index (χ0n) is 12.4. The molecule has 1 aliphatic heterocycles. The maximum atomic E-state index is 13.2. The Morgan fingerprint density at radius 2 is 1.83 bits per heavy atom. The van der Waals surface area contributed by atoms with Crippen LogP contribution in [0.1, 0.15) is 12.5 Å². The third-order valence-electron chi connectivity index (χ3n) is 3.19. The number of nitrogens with zero attached hydrogens (tertiary/aromatic N) is 1. The largest absolute Gasteiger partial charge is 0.418 e. The van der Waals surface area contributed by atoms with Crippen molar-refractivity contribution in [3.63, 3.8) is 0 Å². The third kappa shape index (κ3) is 4.59. The van der Waals surface area contributed by atoms with E-state index in [0.717, 1.165) is 12.1 Å². The summed E-state index contributed by atoms with van der Waals surface area (Å²) in [6.07, 6.45) is -4.66. The van der Waals surface area contributed by atoms with Gasteiger partial charge in [-0.3, -0.25) is 4.79 Å². The van der Waals surface area contributed by atoms with Gasteiger partial charge in [-0.2, -0.15) is 13.2 Å². The lowest BCUT2D eigenvalue weighted by atomic mass is 10.1. The molecule has 1 saturated heterocycles. The molecule has 0 aromatic heterocycles. The monoisotopic (exact) mass is 331 g/mol. The number of carbonyl (C=O) groups is 2. The lowest BCUT2D eigenvalue weighted by molar-refractivity contribution is -0.137. The standard InChI is InChI=1S/C14H16F3N3O3/c1-9(21)18-10-2-3-12(11(8-10)14(15,16)17)19-13(22)20-4-6-23-7-5-20/h2-3,8H,4-7H2,1H3,(H,18,21)(H,19,22). The molecule has 23 heavy (non-hydrogen) atoms. The molecule has 0 radical (unpaired) electrons. The van der Waals surface area contributed by atoms with Gasteiger partial charge in [0.25, 0.3) is 0 Å². The molecule has 0 bridgehead atoms. The number of urea groups is 1. The minimum absolute atomic E-state index is 0.00852. The first-order chi connectivity index (χ1) is 10.8. The Balaban J connectivity index is 2.22. The second kappa shape index (κ2) is 6.86. The number of hydrogen-bond donors (Lipinski definition) is 2. The fourth-order valence-electron chi connectivity index (χ4n) is 2.13. The second-order valence-electron chi connectivity index (χ2n) is 4.97. The summed E-state index contributed by atoms with van der Waals surface area (Å²) >= 11 is 0. The number of hydrogen-bond acceptors (Lipinski definition) is 3. The van der Waals surface area contributed by atoms with E-state index < -0.39 is 23.7 Å². The van der Waals surface area contributed by atoms with Crippen LogP contribution in [0.2, 0.25) is 0 Å². The molecule has 1 aliphatic rings. The molecule has 1 aromatic carbocycles. The molecule has 1 fully saturated rings. The van der Waals surface area contributed by atoms with Gasteiger partial charge in [0.1, 0.15) is 0 Å². The van der Waals surface area contributed by atoms with Gasteiger partial charge in [-0.05, 0) is 18.2 Å². The Morgan fingerprint density at radius 3 is 2.39 bits per heavy atom. The van der Waals surface area contributed by atoms with Crippen LogP contribution >= 0.6 is 0 Å². The van der Waals surface area contributed by atoms with Crippen LogP contribution in [0.15, 0.2) is 18.2 Å². The van der Waals surface area contributed by atoms with Crippen molar-refractivity contribution >= 4 is 23.3 Å². The number of rotatable bonds is 2. The van der Waals surface area contributed by atoms with Crippen molar-refractivity contribution in [2.24, 2.45) is 0 Å². The smallest absolute Gasteiger partial charge is 0.378 e. The number of carbonyl (C=O) groups excluding carboxylic acids is 2. The number of benzene rings is 1. The normalized spacial score (nSPS) is 15.2. The van der Waals surface area contributed by atoms with Crippen LogP contribution in [0.25, 0.3) is 0 Å². The number of amides is 3. The lowest BCUT2D eigenvalue weighted by Crippen LogP contribution is -2.43. The first-order valence-corrected chi connectivity index (χ1v) is 6.90. The lowest BCUT2D eigenvalue weighted by Gasteiger charge is -2.27. The molecule has 1 heterocycles. The average Bonchev–Trinajstić information content (AvgIpc) is 2.48. The SMILES string of the molecule is CC(=O)Nc1ccc(NC(=O)N2CCOCC2)c(C(F)(F)F)c1. The predicted molar refractivity (Wildman–Crippen MR) is 77.2 cm³/mol. The Morgan fingerprint density at radius 1 is 1.17 bits per heavy atom. The van der Waals surface area contributed by atoms with E-state index in [1.54, 1.807) is 0 Å². The molecular weight excluding hydrogens is 315 g/mol. The van der Waals surface area contributed by atoms with Crippen LogP contribution in [0, 0.1) is 0 Å². The fraction of sp³-hybridized carbons (Fsp3) is 0.429. The molecule has 0 atom stereocenters. The molecule has 9 heteroatoms. The number of ether oxygens (including phenoxy) is 1. The van der Waals surface area contributed by atoms with E-state index in [0.29, 0.717) is 26.3 Å². The van der Waals surface area contributed by atoms with Crippen LogP contribution in [0.4, 0.5) is 29.3 Å². The van der Waals surface area contributed by atoms with Gasteiger partial charge in [0.2, 0.25) is 5.91 Å².